The molecule has 2 N–H and O–H groups in total. The highest BCUT2D eigenvalue weighted by molar-refractivity contribution is 5.91. The van der Waals surface area contributed by atoms with Gasteiger partial charge in [0.2, 0.25) is 11.9 Å². The molecule has 0 spiro atoms. The summed E-state index contributed by atoms with van der Waals surface area (Å²) < 4.78 is 40.8. The maximum Gasteiger partial charge on any atom is 0.416 e. The van der Waals surface area contributed by atoms with Crippen LogP contribution in [0, 0.1) is 0 Å². The van der Waals surface area contributed by atoms with Crippen molar-refractivity contribution >= 4 is 35.3 Å². The van der Waals surface area contributed by atoms with Gasteiger partial charge in [-0.3, -0.25) is 10.1 Å². The van der Waals surface area contributed by atoms with Crippen molar-refractivity contribution in [2.45, 2.75) is 25.6 Å². The first-order valence-corrected chi connectivity index (χ1v) is 8.94. The Bertz CT molecular complexity index is 972. The van der Waals surface area contributed by atoms with E-state index in [2.05, 4.69) is 15.6 Å². The molecule has 5 nitrogen and oxygen atoms in total. The van der Waals surface area contributed by atoms with E-state index in [0.717, 1.165) is 17.6 Å². The molecule has 3 aromatic rings. The molecule has 0 radical (unpaired) electrons. The number of carbonyl (C=O) groups excluding carboxylic acids is 1. The molecular formula is C20H22ClF3N4O. The molecule has 0 fully saturated rings. The molecule has 0 saturated carbocycles. The lowest BCUT2D eigenvalue weighted by Crippen LogP contribution is -2.18. The summed E-state index contributed by atoms with van der Waals surface area (Å²) in [6.07, 6.45) is -3.40. The SMILES string of the molecule is CNCCCC(=O)Nc1nc2ccccc2n1Cc1cccc(C(F)(F)F)c1.Cl. The highest BCUT2D eigenvalue weighted by Crippen LogP contribution is 2.30. The fraction of sp³-hybridized carbons (Fsp3) is 0.300. The molecule has 0 aliphatic carbocycles. The second-order valence-corrected chi connectivity index (χ2v) is 6.46. The number of para-hydroxylation sites is 2. The predicted octanol–water partition coefficient (Wildman–Crippen LogP) is 4.46. The van der Waals surface area contributed by atoms with Crippen LogP contribution in [0.2, 0.25) is 0 Å². The molecule has 0 aliphatic heterocycles. The third-order valence-corrected chi connectivity index (χ3v) is 4.33. The van der Waals surface area contributed by atoms with Gasteiger partial charge in [-0.15, -0.1) is 12.4 Å². The Kier molecular flexibility index (Phi) is 7.64. The largest absolute Gasteiger partial charge is 0.416 e. The standard InChI is InChI=1S/C20H21F3N4O.ClH/c1-24-11-5-10-18(28)26-19-25-16-8-2-3-9-17(16)27(19)13-14-6-4-7-15(12-14)20(21,22)23;/h2-4,6-9,12,24H,5,10-11,13H2,1H3,(H,25,26,28);1H. The van der Waals surface area contributed by atoms with E-state index >= 15 is 0 Å². The van der Waals surface area contributed by atoms with Crippen LogP contribution in [0.3, 0.4) is 0 Å². The van der Waals surface area contributed by atoms with Crippen LogP contribution in [0.15, 0.2) is 48.5 Å². The lowest BCUT2D eigenvalue weighted by Gasteiger charge is -2.12. The Morgan fingerprint density at radius 3 is 2.62 bits per heavy atom. The molecule has 0 bridgehead atoms. The van der Waals surface area contributed by atoms with E-state index in [9.17, 15) is 18.0 Å². The first-order chi connectivity index (χ1) is 13.4. The van der Waals surface area contributed by atoms with Crippen LogP contribution in [0.4, 0.5) is 19.1 Å². The summed E-state index contributed by atoms with van der Waals surface area (Å²) in [6, 6.07) is 12.4. The van der Waals surface area contributed by atoms with Gasteiger partial charge in [0, 0.05) is 6.42 Å². The van der Waals surface area contributed by atoms with Gasteiger partial charge < -0.3 is 9.88 Å². The molecule has 0 unspecified atom stereocenters. The van der Waals surface area contributed by atoms with Crippen molar-refractivity contribution in [3.63, 3.8) is 0 Å². The second-order valence-electron chi connectivity index (χ2n) is 6.46. The molecule has 0 atom stereocenters. The van der Waals surface area contributed by atoms with Gasteiger partial charge in [-0.2, -0.15) is 13.2 Å². The number of nitrogens with one attached hydrogen (secondary N) is 2. The molecule has 29 heavy (non-hydrogen) atoms. The number of halogens is 4. The van der Waals surface area contributed by atoms with Crippen LogP contribution in [0.5, 0.6) is 0 Å². The predicted molar refractivity (Wildman–Crippen MR) is 109 cm³/mol. The number of alkyl halides is 3. The Morgan fingerprint density at radius 2 is 1.90 bits per heavy atom. The van der Waals surface area contributed by atoms with Crippen molar-refractivity contribution in [3.8, 4) is 0 Å². The zero-order valence-electron chi connectivity index (χ0n) is 15.8. The fourth-order valence-electron chi connectivity index (χ4n) is 2.97. The van der Waals surface area contributed by atoms with Crippen LogP contribution in [-0.2, 0) is 17.5 Å². The van der Waals surface area contributed by atoms with Gasteiger partial charge >= 0.3 is 6.18 Å². The number of carbonyl (C=O) groups is 1. The van der Waals surface area contributed by atoms with E-state index in [1.165, 1.54) is 6.07 Å². The van der Waals surface area contributed by atoms with Crippen LogP contribution in [0.1, 0.15) is 24.0 Å². The van der Waals surface area contributed by atoms with E-state index in [0.29, 0.717) is 36.4 Å². The maximum atomic E-state index is 13.0. The minimum Gasteiger partial charge on any atom is -0.320 e. The molecule has 0 saturated heterocycles. The summed E-state index contributed by atoms with van der Waals surface area (Å²) in [5.74, 6) is 0.143. The number of anilines is 1. The minimum atomic E-state index is -4.41. The Morgan fingerprint density at radius 1 is 1.14 bits per heavy atom. The minimum absolute atomic E-state index is 0. The van der Waals surface area contributed by atoms with Crippen molar-refractivity contribution in [1.82, 2.24) is 14.9 Å². The van der Waals surface area contributed by atoms with Crippen molar-refractivity contribution in [1.29, 1.82) is 0 Å². The fourth-order valence-corrected chi connectivity index (χ4v) is 2.97. The van der Waals surface area contributed by atoms with E-state index in [1.807, 2.05) is 25.2 Å². The summed E-state index contributed by atoms with van der Waals surface area (Å²) in [5, 5.41) is 5.76. The summed E-state index contributed by atoms with van der Waals surface area (Å²) in [4.78, 5) is 16.7. The molecule has 3 rings (SSSR count). The van der Waals surface area contributed by atoms with E-state index in [4.69, 9.17) is 0 Å². The number of rotatable bonds is 7. The van der Waals surface area contributed by atoms with Gasteiger partial charge in [0.15, 0.2) is 0 Å². The first kappa shape index (κ1) is 22.7. The molecule has 1 heterocycles. The third-order valence-electron chi connectivity index (χ3n) is 4.33. The Balaban J connectivity index is 0.00000300. The molecule has 1 aromatic heterocycles. The normalized spacial score (nSPS) is 11.3. The van der Waals surface area contributed by atoms with Gasteiger partial charge in [-0.25, -0.2) is 4.98 Å². The lowest BCUT2D eigenvalue weighted by molar-refractivity contribution is -0.137. The van der Waals surface area contributed by atoms with Crippen molar-refractivity contribution in [2.24, 2.45) is 0 Å². The van der Waals surface area contributed by atoms with Gasteiger partial charge in [-0.1, -0.05) is 24.3 Å². The number of imidazole rings is 1. The third kappa shape index (κ3) is 5.71. The van der Waals surface area contributed by atoms with E-state index < -0.39 is 11.7 Å². The van der Waals surface area contributed by atoms with Crippen LogP contribution in [-0.4, -0.2) is 29.1 Å². The molecule has 1 amide bonds. The van der Waals surface area contributed by atoms with Gasteiger partial charge in [-0.05, 0) is 49.8 Å². The molecule has 2 aromatic carbocycles. The number of fused-ring (bicyclic) bond motifs is 1. The summed E-state index contributed by atoms with van der Waals surface area (Å²) in [7, 11) is 1.81. The number of benzene rings is 2. The van der Waals surface area contributed by atoms with Crippen molar-refractivity contribution in [3.05, 3.63) is 59.7 Å². The van der Waals surface area contributed by atoms with Crippen LogP contribution >= 0.6 is 12.4 Å². The Hall–Kier alpha value is -2.58. The highest BCUT2D eigenvalue weighted by atomic mass is 35.5. The zero-order valence-corrected chi connectivity index (χ0v) is 16.6. The lowest BCUT2D eigenvalue weighted by atomic mass is 10.1. The quantitative estimate of drug-likeness (QED) is 0.548. The molecule has 0 aliphatic rings. The smallest absolute Gasteiger partial charge is 0.320 e. The summed E-state index contributed by atoms with van der Waals surface area (Å²) in [6.45, 7) is 0.880. The summed E-state index contributed by atoms with van der Waals surface area (Å²) >= 11 is 0. The van der Waals surface area contributed by atoms with Gasteiger partial charge in [0.05, 0.1) is 23.1 Å². The van der Waals surface area contributed by atoms with Gasteiger partial charge in [0.1, 0.15) is 0 Å². The van der Waals surface area contributed by atoms with Crippen LogP contribution < -0.4 is 10.6 Å². The average Bonchev–Trinajstić information content (AvgIpc) is 2.99. The van der Waals surface area contributed by atoms with Crippen LogP contribution in [0.25, 0.3) is 11.0 Å². The second kappa shape index (κ2) is 9.76. The van der Waals surface area contributed by atoms with E-state index in [-0.39, 0.29) is 24.9 Å². The summed E-state index contributed by atoms with van der Waals surface area (Å²) in [5.41, 5.74) is 1.18. The Labute approximate surface area is 172 Å². The number of hydrogen-bond acceptors (Lipinski definition) is 3. The first-order valence-electron chi connectivity index (χ1n) is 8.94. The number of hydrogen-bond donors (Lipinski definition) is 2. The number of aromatic nitrogens is 2. The van der Waals surface area contributed by atoms with Gasteiger partial charge in [0.25, 0.3) is 0 Å². The number of nitrogens with zero attached hydrogens (tertiary/aromatic N) is 2. The molecule has 9 heteroatoms. The van der Waals surface area contributed by atoms with Crippen molar-refractivity contribution in [2.75, 3.05) is 18.9 Å². The highest BCUT2D eigenvalue weighted by Gasteiger charge is 2.30. The maximum absolute atomic E-state index is 13.0. The monoisotopic (exact) mass is 426 g/mol. The zero-order chi connectivity index (χ0) is 20.1. The van der Waals surface area contributed by atoms with Crippen molar-refractivity contribution < 1.29 is 18.0 Å². The average molecular weight is 427 g/mol. The topological polar surface area (TPSA) is 59.0 Å². The molecular weight excluding hydrogens is 405 g/mol. The number of amides is 1. The molecule has 156 valence electrons. The van der Waals surface area contributed by atoms with E-state index in [1.54, 1.807) is 16.7 Å².